The van der Waals surface area contributed by atoms with Gasteiger partial charge in [0.25, 0.3) is 0 Å². The number of terminal acetylenes is 1. The number of benzene rings is 1. The third-order valence-electron chi connectivity index (χ3n) is 2.06. The van der Waals surface area contributed by atoms with Crippen LogP contribution in [0.2, 0.25) is 5.02 Å². The van der Waals surface area contributed by atoms with E-state index in [1.165, 1.54) is 7.11 Å². The molecule has 0 amide bonds. The molecule has 7 heteroatoms. The van der Waals surface area contributed by atoms with Crippen LogP contribution in [0, 0.1) is 12.3 Å². The first-order chi connectivity index (χ1) is 8.33. The van der Waals surface area contributed by atoms with Crippen LogP contribution in [0.25, 0.3) is 0 Å². The van der Waals surface area contributed by atoms with Gasteiger partial charge < -0.3 is 9.84 Å². The van der Waals surface area contributed by atoms with E-state index in [9.17, 15) is 13.2 Å². The van der Waals surface area contributed by atoms with E-state index in [1.807, 2.05) is 5.92 Å². The van der Waals surface area contributed by atoms with Crippen molar-refractivity contribution in [2.45, 2.75) is 4.90 Å². The number of sulfone groups is 1. The number of halogens is 1. The summed E-state index contributed by atoms with van der Waals surface area (Å²) >= 11 is 5.69. The SMILES string of the molecule is C#CCS(=O)(=O)c1cc(Cl)cc(C(=O)O)c1OC. The summed E-state index contributed by atoms with van der Waals surface area (Å²) < 4.78 is 28.6. The normalized spacial score (nSPS) is 10.7. The van der Waals surface area contributed by atoms with Gasteiger partial charge in [-0.25, -0.2) is 13.2 Å². The Balaban J connectivity index is 3.65. The number of carboxylic acids is 1. The quantitative estimate of drug-likeness (QED) is 0.848. The summed E-state index contributed by atoms with van der Waals surface area (Å²) in [6.45, 7) is 0. The Hall–Kier alpha value is -1.71. The smallest absolute Gasteiger partial charge is 0.339 e. The van der Waals surface area contributed by atoms with E-state index in [-0.39, 0.29) is 21.2 Å². The van der Waals surface area contributed by atoms with Gasteiger partial charge in [0.05, 0.1) is 7.11 Å². The van der Waals surface area contributed by atoms with Gasteiger partial charge in [-0.1, -0.05) is 17.5 Å². The van der Waals surface area contributed by atoms with Crippen LogP contribution in [0.5, 0.6) is 5.75 Å². The van der Waals surface area contributed by atoms with Crippen molar-refractivity contribution in [3.63, 3.8) is 0 Å². The van der Waals surface area contributed by atoms with E-state index < -0.39 is 21.6 Å². The third kappa shape index (κ3) is 2.75. The number of rotatable bonds is 4. The fourth-order valence-electron chi connectivity index (χ4n) is 1.36. The molecule has 0 saturated heterocycles. The molecule has 0 aliphatic heterocycles. The lowest BCUT2D eigenvalue weighted by Crippen LogP contribution is -2.10. The zero-order chi connectivity index (χ0) is 13.9. The summed E-state index contributed by atoms with van der Waals surface area (Å²) in [5.74, 6) is -0.192. The van der Waals surface area contributed by atoms with Crippen molar-refractivity contribution in [3.8, 4) is 18.1 Å². The van der Waals surface area contributed by atoms with Crippen molar-refractivity contribution in [2.75, 3.05) is 12.9 Å². The fraction of sp³-hybridized carbons (Fsp3) is 0.182. The first-order valence-electron chi connectivity index (χ1n) is 4.60. The lowest BCUT2D eigenvalue weighted by Gasteiger charge is -2.11. The summed E-state index contributed by atoms with van der Waals surface area (Å²) in [6, 6.07) is 2.22. The van der Waals surface area contributed by atoms with Crippen LogP contribution in [0.4, 0.5) is 0 Å². The van der Waals surface area contributed by atoms with Crippen LogP contribution >= 0.6 is 11.6 Å². The molecule has 1 aromatic carbocycles. The molecule has 0 unspecified atom stereocenters. The van der Waals surface area contributed by atoms with Gasteiger partial charge in [-0.3, -0.25) is 0 Å². The average Bonchev–Trinajstić information content (AvgIpc) is 2.27. The number of aromatic carboxylic acids is 1. The highest BCUT2D eigenvalue weighted by Gasteiger charge is 2.25. The number of hydrogen-bond donors (Lipinski definition) is 1. The second kappa shape index (κ2) is 5.29. The maximum absolute atomic E-state index is 11.9. The Kier molecular flexibility index (Phi) is 4.22. The lowest BCUT2D eigenvalue weighted by atomic mass is 10.2. The van der Waals surface area contributed by atoms with Gasteiger partial charge in [0.1, 0.15) is 16.2 Å². The van der Waals surface area contributed by atoms with Gasteiger partial charge in [-0.05, 0) is 12.1 Å². The zero-order valence-electron chi connectivity index (χ0n) is 9.31. The summed E-state index contributed by atoms with van der Waals surface area (Å²) in [6.07, 6.45) is 4.96. The fourth-order valence-corrected chi connectivity index (χ4v) is 2.80. The highest BCUT2D eigenvalue weighted by Crippen LogP contribution is 2.32. The summed E-state index contributed by atoms with van der Waals surface area (Å²) in [5, 5.41) is 8.94. The van der Waals surface area contributed by atoms with Crippen molar-refractivity contribution in [2.24, 2.45) is 0 Å². The van der Waals surface area contributed by atoms with E-state index in [1.54, 1.807) is 0 Å². The molecule has 0 aromatic heterocycles. The molecule has 1 N–H and O–H groups in total. The van der Waals surface area contributed by atoms with E-state index in [0.29, 0.717) is 0 Å². The molecule has 1 rings (SSSR count). The van der Waals surface area contributed by atoms with Crippen molar-refractivity contribution in [3.05, 3.63) is 22.7 Å². The first-order valence-corrected chi connectivity index (χ1v) is 6.63. The molecule has 0 radical (unpaired) electrons. The van der Waals surface area contributed by atoms with Crippen LogP contribution in [-0.2, 0) is 9.84 Å². The number of carboxylic acid groups (broad SMARTS) is 1. The highest BCUT2D eigenvalue weighted by atomic mass is 35.5. The molecule has 0 heterocycles. The van der Waals surface area contributed by atoms with E-state index >= 15 is 0 Å². The van der Waals surface area contributed by atoms with E-state index in [0.717, 1.165) is 12.1 Å². The second-order valence-corrected chi connectivity index (χ2v) is 5.65. The van der Waals surface area contributed by atoms with Crippen LogP contribution < -0.4 is 4.74 Å². The Bertz CT molecular complexity index is 628. The molecule has 0 fully saturated rings. The second-order valence-electron chi connectivity index (χ2n) is 3.25. The van der Waals surface area contributed by atoms with Crippen molar-refractivity contribution in [1.82, 2.24) is 0 Å². The molecule has 0 atom stereocenters. The number of carbonyl (C=O) groups is 1. The Morgan fingerprint density at radius 3 is 2.61 bits per heavy atom. The van der Waals surface area contributed by atoms with Gasteiger partial charge >= 0.3 is 5.97 Å². The summed E-state index contributed by atoms with van der Waals surface area (Å²) in [4.78, 5) is 10.7. The minimum atomic E-state index is -3.84. The van der Waals surface area contributed by atoms with Gasteiger partial charge in [-0.15, -0.1) is 6.42 Å². The summed E-state index contributed by atoms with van der Waals surface area (Å²) in [5.41, 5.74) is -0.333. The van der Waals surface area contributed by atoms with Gasteiger partial charge in [0, 0.05) is 5.02 Å². The molecular weight excluding hydrogens is 280 g/mol. The molecule has 18 heavy (non-hydrogen) atoms. The van der Waals surface area contributed by atoms with Gasteiger partial charge in [0.2, 0.25) is 0 Å². The summed E-state index contributed by atoms with van der Waals surface area (Å²) in [7, 11) is -2.67. The van der Waals surface area contributed by atoms with Crippen LogP contribution in [-0.4, -0.2) is 32.4 Å². The largest absolute Gasteiger partial charge is 0.494 e. The van der Waals surface area contributed by atoms with Crippen molar-refractivity contribution >= 4 is 27.4 Å². The minimum absolute atomic E-state index is 0.0243. The van der Waals surface area contributed by atoms with Crippen molar-refractivity contribution in [1.29, 1.82) is 0 Å². The average molecular weight is 289 g/mol. The predicted molar refractivity (Wildman–Crippen MR) is 65.8 cm³/mol. The minimum Gasteiger partial charge on any atom is -0.494 e. The third-order valence-corrected chi connectivity index (χ3v) is 3.80. The zero-order valence-corrected chi connectivity index (χ0v) is 10.9. The Morgan fingerprint density at radius 1 is 1.56 bits per heavy atom. The van der Waals surface area contributed by atoms with Crippen LogP contribution in [0.1, 0.15) is 10.4 Å². The molecule has 0 bridgehead atoms. The van der Waals surface area contributed by atoms with Crippen molar-refractivity contribution < 1.29 is 23.1 Å². The molecular formula is C11H9ClO5S. The predicted octanol–water partition coefficient (Wildman–Crippen LogP) is 1.45. The van der Waals surface area contributed by atoms with Gasteiger partial charge in [-0.2, -0.15) is 0 Å². The van der Waals surface area contributed by atoms with E-state index in [2.05, 4.69) is 0 Å². The number of hydrogen-bond acceptors (Lipinski definition) is 4. The molecule has 0 aliphatic rings. The maximum Gasteiger partial charge on any atom is 0.339 e. The monoisotopic (exact) mass is 288 g/mol. The molecule has 96 valence electrons. The van der Waals surface area contributed by atoms with E-state index in [4.69, 9.17) is 27.9 Å². The number of ether oxygens (including phenoxy) is 1. The first kappa shape index (κ1) is 14.4. The Morgan fingerprint density at radius 2 is 2.17 bits per heavy atom. The molecule has 1 aromatic rings. The number of methoxy groups -OCH3 is 1. The molecule has 0 aliphatic carbocycles. The Labute approximate surface area is 109 Å². The van der Waals surface area contributed by atoms with Crippen LogP contribution in [0.15, 0.2) is 17.0 Å². The van der Waals surface area contributed by atoms with Gasteiger partial charge in [0.15, 0.2) is 15.6 Å². The topological polar surface area (TPSA) is 80.7 Å². The maximum atomic E-state index is 11.9. The molecule has 0 saturated carbocycles. The standard InChI is InChI=1S/C11H9ClO5S/c1-3-4-18(15,16)9-6-7(12)5-8(11(13)14)10(9)17-2/h1,5-6H,4H2,2H3,(H,13,14). The molecule has 0 spiro atoms. The lowest BCUT2D eigenvalue weighted by molar-refractivity contribution is 0.0693. The van der Waals surface area contributed by atoms with Crippen LogP contribution in [0.3, 0.4) is 0 Å². The highest BCUT2D eigenvalue weighted by molar-refractivity contribution is 7.91. The molecule has 5 nitrogen and oxygen atoms in total.